The van der Waals surface area contributed by atoms with Gasteiger partial charge in [-0.25, -0.2) is 10.1 Å². The van der Waals surface area contributed by atoms with Crippen LogP contribution in [-0.2, 0) is 0 Å². The van der Waals surface area contributed by atoms with E-state index in [1.54, 1.807) is 0 Å². The molecule has 0 aliphatic heterocycles. The van der Waals surface area contributed by atoms with Crippen LogP contribution in [0.5, 0.6) is 6.01 Å². The van der Waals surface area contributed by atoms with Gasteiger partial charge in [0.2, 0.25) is 0 Å². The van der Waals surface area contributed by atoms with E-state index in [1.807, 2.05) is 6.92 Å². The molecule has 1 heterocycles. The lowest BCUT2D eigenvalue weighted by molar-refractivity contribution is 0.251. The molecule has 0 unspecified atom stereocenters. The summed E-state index contributed by atoms with van der Waals surface area (Å²) >= 11 is 0. The molecular formula is C8H15N5O3. The second kappa shape index (κ2) is 5.42. The molecule has 16 heavy (non-hydrogen) atoms. The van der Waals surface area contributed by atoms with Crippen molar-refractivity contribution in [2.45, 2.75) is 13.3 Å². The summed E-state index contributed by atoms with van der Waals surface area (Å²) in [5, 5.41) is 19.8. The van der Waals surface area contributed by atoms with Gasteiger partial charge < -0.3 is 4.74 Å². The van der Waals surface area contributed by atoms with E-state index in [4.69, 9.17) is 4.74 Å². The molecule has 0 aliphatic carbocycles. The van der Waals surface area contributed by atoms with E-state index in [2.05, 4.69) is 15.0 Å². The number of ether oxygens (including phenoxy) is 1. The van der Waals surface area contributed by atoms with Crippen LogP contribution < -0.4 is 14.9 Å². The Morgan fingerprint density at radius 2 is 1.56 bits per heavy atom. The second-order valence-corrected chi connectivity index (χ2v) is 3.11. The Morgan fingerprint density at radius 3 is 1.94 bits per heavy atom. The van der Waals surface area contributed by atoms with Gasteiger partial charge in [-0.15, -0.1) is 0 Å². The van der Waals surface area contributed by atoms with Gasteiger partial charge in [0.15, 0.2) is 0 Å². The molecule has 0 atom stereocenters. The minimum Gasteiger partial charge on any atom is -0.463 e. The Balaban J connectivity index is 2.99. The zero-order chi connectivity index (χ0) is 12.1. The van der Waals surface area contributed by atoms with E-state index in [9.17, 15) is 10.4 Å². The van der Waals surface area contributed by atoms with Gasteiger partial charge in [-0.1, -0.05) is 6.92 Å². The third-order valence-electron chi connectivity index (χ3n) is 1.61. The van der Waals surface area contributed by atoms with Gasteiger partial charge in [0.05, 0.1) is 6.61 Å². The summed E-state index contributed by atoms with van der Waals surface area (Å²) in [5.41, 5.74) is 0. The van der Waals surface area contributed by atoms with E-state index in [0.717, 1.165) is 6.42 Å². The second-order valence-electron chi connectivity index (χ2n) is 3.11. The highest BCUT2D eigenvalue weighted by molar-refractivity contribution is 5.35. The number of hydrogen-bond donors (Lipinski definition) is 2. The number of hydroxylamine groups is 2. The van der Waals surface area contributed by atoms with E-state index >= 15 is 0 Å². The molecule has 90 valence electrons. The largest absolute Gasteiger partial charge is 0.463 e. The number of anilines is 2. The standard InChI is InChI=1S/C8H15N5O3/c1-4-5-16-8-10-6(12(2)14)9-7(11-8)13(3)15/h14-15H,4-5H2,1-3H3. The van der Waals surface area contributed by atoms with Crippen LogP contribution in [0, 0.1) is 0 Å². The van der Waals surface area contributed by atoms with Gasteiger partial charge in [0.1, 0.15) is 0 Å². The molecule has 1 aromatic heterocycles. The molecule has 0 amide bonds. The van der Waals surface area contributed by atoms with Crippen LogP contribution in [0.4, 0.5) is 11.9 Å². The Labute approximate surface area is 93.0 Å². The first-order valence-electron chi connectivity index (χ1n) is 4.78. The topological polar surface area (TPSA) is 94.8 Å². The molecule has 0 fully saturated rings. The summed E-state index contributed by atoms with van der Waals surface area (Å²) in [4.78, 5) is 11.5. The first kappa shape index (κ1) is 12.4. The average Bonchev–Trinajstić information content (AvgIpc) is 2.25. The van der Waals surface area contributed by atoms with Crippen molar-refractivity contribution in [3.8, 4) is 6.01 Å². The Bertz CT molecular complexity index is 318. The van der Waals surface area contributed by atoms with Gasteiger partial charge >= 0.3 is 6.01 Å². The fourth-order valence-electron chi connectivity index (χ4n) is 0.883. The van der Waals surface area contributed by atoms with Gasteiger partial charge in [-0.2, -0.15) is 15.0 Å². The zero-order valence-corrected chi connectivity index (χ0v) is 9.45. The van der Waals surface area contributed by atoms with Crippen LogP contribution in [0.2, 0.25) is 0 Å². The van der Waals surface area contributed by atoms with E-state index < -0.39 is 0 Å². The minimum absolute atomic E-state index is 0.00277. The van der Waals surface area contributed by atoms with Crippen molar-refractivity contribution in [1.82, 2.24) is 15.0 Å². The van der Waals surface area contributed by atoms with Gasteiger partial charge in [-0.05, 0) is 6.42 Å². The zero-order valence-electron chi connectivity index (χ0n) is 9.45. The van der Waals surface area contributed by atoms with Crippen LogP contribution >= 0.6 is 0 Å². The van der Waals surface area contributed by atoms with Crippen molar-refractivity contribution >= 4 is 11.9 Å². The van der Waals surface area contributed by atoms with E-state index in [0.29, 0.717) is 16.7 Å². The highest BCUT2D eigenvalue weighted by Crippen LogP contribution is 2.14. The smallest absolute Gasteiger partial charge is 0.323 e. The van der Waals surface area contributed by atoms with Gasteiger partial charge in [-0.3, -0.25) is 10.4 Å². The molecular weight excluding hydrogens is 214 g/mol. The van der Waals surface area contributed by atoms with Crippen molar-refractivity contribution in [2.24, 2.45) is 0 Å². The molecule has 0 spiro atoms. The molecule has 1 rings (SSSR count). The number of rotatable bonds is 5. The molecule has 0 aliphatic rings. The lowest BCUT2D eigenvalue weighted by Crippen LogP contribution is -2.20. The summed E-state index contributed by atoms with van der Waals surface area (Å²) in [5.74, 6) is -0.00555. The molecule has 1 aromatic rings. The molecule has 0 saturated carbocycles. The summed E-state index contributed by atoms with van der Waals surface area (Å²) in [6.45, 7) is 2.40. The average molecular weight is 229 g/mol. The van der Waals surface area contributed by atoms with Crippen molar-refractivity contribution in [3.05, 3.63) is 0 Å². The van der Waals surface area contributed by atoms with Crippen molar-refractivity contribution < 1.29 is 15.2 Å². The summed E-state index contributed by atoms with van der Waals surface area (Å²) in [6, 6.07) is 0.0589. The lowest BCUT2D eigenvalue weighted by atomic mass is 10.5. The molecule has 0 saturated heterocycles. The molecule has 8 nitrogen and oxygen atoms in total. The van der Waals surface area contributed by atoms with Gasteiger partial charge in [0.25, 0.3) is 11.9 Å². The maximum Gasteiger partial charge on any atom is 0.323 e. The van der Waals surface area contributed by atoms with E-state index in [1.165, 1.54) is 14.1 Å². The lowest BCUT2D eigenvalue weighted by Gasteiger charge is -2.13. The minimum atomic E-state index is -0.00277. The van der Waals surface area contributed by atoms with Crippen LogP contribution in [0.25, 0.3) is 0 Å². The summed E-state index contributed by atoms with van der Waals surface area (Å²) in [7, 11) is 2.72. The predicted octanol–water partition coefficient (Wildman–Crippen LogP) is 0.311. The molecule has 0 aromatic carbocycles. The highest BCUT2D eigenvalue weighted by Gasteiger charge is 2.11. The molecule has 0 bridgehead atoms. The molecule has 0 radical (unpaired) electrons. The quantitative estimate of drug-likeness (QED) is 0.696. The fourth-order valence-corrected chi connectivity index (χ4v) is 0.883. The predicted molar refractivity (Wildman–Crippen MR) is 56.0 cm³/mol. The van der Waals surface area contributed by atoms with Crippen molar-refractivity contribution in [1.29, 1.82) is 0 Å². The first-order chi connectivity index (χ1) is 7.54. The summed E-state index contributed by atoms with van der Waals surface area (Å²) in [6.07, 6.45) is 0.806. The fraction of sp³-hybridized carbons (Fsp3) is 0.625. The normalized spacial score (nSPS) is 10.1. The van der Waals surface area contributed by atoms with Crippen LogP contribution in [0.15, 0.2) is 0 Å². The first-order valence-corrected chi connectivity index (χ1v) is 4.78. The van der Waals surface area contributed by atoms with Crippen LogP contribution in [-0.4, -0.2) is 46.1 Å². The Hall–Kier alpha value is -1.67. The maximum absolute atomic E-state index is 9.20. The maximum atomic E-state index is 9.20. The third-order valence-corrected chi connectivity index (χ3v) is 1.61. The third kappa shape index (κ3) is 3.17. The molecule has 8 heteroatoms. The SMILES string of the molecule is CCCOc1nc(N(C)O)nc(N(C)O)n1. The van der Waals surface area contributed by atoms with Crippen molar-refractivity contribution in [3.63, 3.8) is 0 Å². The Kier molecular flexibility index (Phi) is 4.20. The number of nitrogens with zero attached hydrogens (tertiary/aromatic N) is 5. The van der Waals surface area contributed by atoms with E-state index in [-0.39, 0.29) is 17.9 Å². The Morgan fingerprint density at radius 1 is 1.06 bits per heavy atom. The summed E-state index contributed by atoms with van der Waals surface area (Å²) < 4.78 is 5.20. The van der Waals surface area contributed by atoms with Crippen LogP contribution in [0.3, 0.4) is 0 Å². The van der Waals surface area contributed by atoms with Crippen molar-refractivity contribution in [2.75, 3.05) is 30.8 Å². The number of aromatic nitrogens is 3. The highest BCUT2D eigenvalue weighted by atomic mass is 16.5. The number of hydrogen-bond acceptors (Lipinski definition) is 8. The molecule has 2 N–H and O–H groups in total. The van der Waals surface area contributed by atoms with Gasteiger partial charge in [0, 0.05) is 14.1 Å². The monoisotopic (exact) mass is 229 g/mol. The van der Waals surface area contributed by atoms with Crippen LogP contribution in [0.1, 0.15) is 13.3 Å².